The number of carbonyl (C=O) groups is 1. The second-order valence-corrected chi connectivity index (χ2v) is 8.34. The minimum Gasteiger partial charge on any atom is -0.495 e. The van der Waals surface area contributed by atoms with E-state index in [1.807, 2.05) is 24.3 Å². The predicted octanol–water partition coefficient (Wildman–Crippen LogP) is 0.777. The molecule has 0 aromatic heterocycles. The van der Waals surface area contributed by atoms with Gasteiger partial charge >= 0.3 is 0 Å². The highest BCUT2D eigenvalue weighted by atomic mass is 32.2. The lowest BCUT2D eigenvalue weighted by molar-refractivity contribution is -0.872. The second-order valence-electron chi connectivity index (χ2n) is 6.57. The Bertz CT molecular complexity index is 894. The quantitative estimate of drug-likeness (QED) is 0.619. The van der Waals surface area contributed by atoms with Crippen molar-refractivity contribution in [2.75, 3.05) is 26.5 Å². The number of rotatable bonds is 8. The molecule has 0 aliphatic heterocycles. The Labute approximate surface area is 160 Å². The van der Waals surface area contributed by atoms with Crippen LogP contribution in [0.25, 0.3) is 0 Å². The average molecular weight is 393 g/mol. The molecule has 0 bridgehead atoms. The van der Waals surface area contributed by atoms with Crippen LogP contribution in [-0.4, -0.2) is 35.5 Å². The van der Waals surface area contributed by atoms with Gasteiger partial charge in [0, 0.05) is 25.1 Å². The maximum atomic E-state index is 12.6. The van der Waals surface area contributed by atoms with Crippen LogP contribution in [0.4, 0.5) is 5.69 Å². The summed E-state index contributed by atoms with van der Waals surface area (Å²) in [6, 6.07) is 12.2. The summed E-state index contributed by atoms with van der Waals surface area (Å²) in [5.74, 6) is 0.0185. The summed E-state index contributed by atoms with van der Waals surface area (Å²) >= 11 is 0. The molecule has 2 rings (SSSR count). The number of carbonyl (C=O) groups excluding carboxylic acids is 1. The summed E-state index contributed by atoms with van der Waals surface area (Å²) < 4.78 is 32.9. The van der Waals surface area contributed by atoms with E-state index in [-0.39, 0.29) is 23.1 Å². The molecule has 7 nitrogen and oxygen atoms in total. The summed E-state index contributed by atoms with van der Waals surface area (Å²) in [6.45, 7) is 2.47. The Kier molecular flexibility index (Phi) is 6.95. The number of methoxy groups -OCH3 is 1. The predicted molar refractivity (Wildman–Crippen MR) is 104 cm³/mol. The van der Waals surface area contributed by atoms with E-state index in [4.69, 9.17) is 4.74 Å². The van der Waals surface area contributed by atoms with Gasteiger partial charge in [0.05, 0.1) is 31.8 Å². The first-order valence-corrected chi connectivity index (χ1v) is 10.0. The lowest BCUT2D eigenvalue weighted by Crippen LogP contribution is -3.04. The van der Waals surface area contributed by atoms with Gasteiger partial charge in [0.1, 0.15) is 12.3 Å². The lowest BCUT2D eigenvalue weighted by Gasteiger charge is -2.12. The van der Waals surface area contributed by atoms with Crippen molar-refractivity contribution in [2.24, 2.45) is 0 Å². The SMILES string of the molecule is COc1cc(S(=O)(=O)NCc2ccc(C[NH+](C)C)cc2)ccc1NC(C)=O. The molecular weight excluding hydrogens is 366 g/mol. The Balaban J connectivity index is 2.10. The molecular formula is C19H26N3O4S+. The molecule has 0 unspecified atom stereocenters. The van der Waals surface area contributed by atoms with Crippen molar-refractivity contribution in [3.05, 3.63) is 53.6 Å². The van der Waals surface area contributed by atoms with E-state index in [1.165, 1.54) is 42.7 Å². The highest BCUT2D eigenvalue weighted by Crippen LogP contribution is 2.27. The van der Waals surface area contributed by atoms with Gasteiger partial charge in [0.25, 0.3) is 0 Å². The summed E-state index contributed by atoms with van der Waals surface area (Å²) in [6.07, 6.45) is 0. The molecule has 1 amide bonds. The minimum absolute atomic E-state index is 0.0706. The fourth-order valence-electron chi connectivity index (χ4n) is 2.58. The van der Waals surface area contributed by atoms with Crippen LogP contribution in [0.2, 0.25) is 0 Å². The molecule has 146 valence electrons. The number of ether oxygens (including phenoxy) is 1. The minimum atomic E-state index is -3.71. The zero-order chi connectivity index (χ0) is 20.0. The van der Waals surface area contributed by atoms with Crippen LogP contribution in [0.1, 0.15) is 18.1 Å². The van der Waals surface area contributed by atoms with Crippen molar-refractivity contribution >= 4 is 21.6 Å². The van der Waals surface area contributed by atoms with Crippen molar-refractivity contribution < 1.29 is 22.8 Å². The molecule has 0 radical (unpaired) electrons. The second kappa shape index (κ2) is 8.98. The number of hydrogen-bond acceptors (Lipinski definition) is 4. The van der Waals surface area contributed by atoms with E-state index in [0.717, 1.165) is 12.1 Å². The summed E-state index contributed by atoms with van der Waals surface area (Å²) in [4.78, 5) is 12.6. The summed E-state index contributed by atoms with van der Waals surface area (Å²) in [5.41, 5.74) is 2.49. The van der Waals surface area contributed by atoms with Gasteiger partial charge in [-0.25, -0.2) is 13.1 Å². The number of hydrogen-bond donors (Lipinski definition) is 3. The van der Waals surface area contributed by atoms with Crippen LogP contribution in [0.5, 0.6) is 5.75 Å². The highest BCUT2D eigenvalue weighted by Gasteiger charge is 2.17. The number of nitrogens with one attached hydrogen (secondary N) is 3. The van der Waals surface area contributed by atoms with Gasteiger partial charge in [-0.3, -0.25) is 4.79 Å². The van der Waals surface area contributed by atoms with Crippen molar-refractivity contribution in [3.8, 4) is 5.75 Å². The molecule has 0 aliphatic carbocycles. The Morgan fingerprint density at radius 3 is 2.26 bits per heavy atom. The third-order valence-corrected chi connectivity index (χ3v) is 5.24. The maximum Gasteiger partial charge on any atom is 0.241 e. The molecule has 3 N–H and O–H groups in total. The fraction of sp³-hybridized carbons (Fsp3) is 0.316. The highest BCUT2D eigenvalue weighted by molar-refractivity contribution is 7.89. The van der Waals surface area contributed by atoms with Crippen LogP contribution in [-0.2, 0) is 27.9 Å². The third kappa shape index (κ3) is 6.06. The van der Waals surface area contributed by atoms with E-state index in [1.54, 1.807) is 0 Å². The molecule has 2 aromatic rings. The number of amides is 1. The van der Waals surface area contributed by atoms with E-state index in [0.29, 0.717) is 5.69 Å². The summed E-state index contributed by atoms with van der Waals surface area (Å²) in [7, 11) is 1.86. The first kappa shape index (κ1) is 20.9. The molecule has 0 saturated carbocycles. The van der Waals surface area contributed by atoms with E-state index >= 15 is 0 Å². The fourth-order valence-corrected chi connectivity index (χ4v) is 3.61. The Morgan fingerprint density at radius 2 is 1.70 bits per heavy atom. The number of anilines is 1. The molecule has 27 heavy (non-hydrogen) atoms. The molecule has 0 spiro atoms. The van der Waals surface area contributed by atoms with Crippen molar-refractivity contribution in [1.29, 1.82) is 0 Å². The number of quaternary nitrogens is 1. The Hall–Kier alpha value is -2.42. The van der Waals surface area contributed by atoms with Gasteiger partial charge in [0.2, 0.25) is 15.9 Å². The number of sulfonamides is 1. The van der Waals surface area contributed by atoms with Gasteiger partial charge in [-0.2, -0.15) is 0 Å². The van der Waals surface area contributed by atoms with Crippen LogP contribution in [0.15, 0.2) is 47.4 Å². The molecule has 0 saturated heterocycles. The monoisotopic (exact) mass is 392 g/mol. The number of benzene rings is 2. The van der Waals surface area contributed by atoms with Crippen LogP contribution >= 0.6 is 0 Å². The van der Waals surface area contributed by atoms with E-state index in [9.17, 15) is 13.2 Å². The van der Waals surface area contributed by atoms with Gasteiger partial charge in [-0.1, -0.05) is 24.3 Å². The zero-order valence-electron chi connectivity index (χ0n) is 16.0. The van der Waals surface area contributed by atoms with Gasteiger partial charge in [-0.05, 0) is 17.7 Å². The molecule has 0 atom stereocenters. The normalized spacial score (nSPS) is 11.4. The first-order valence-electron chi connectivity index (χ1n) is 8.53. The standard InChI is InChI=1S/C19H25N3O4S/c1-14(23)21-18-10-9-17(11-19(18)26-4)27(24,25)20-12-15-5-7-16(8-6-15)13-22(2)3/h5-11,20H,12-13H2,1-4H3,(H,21,23)/p+1. The summed E-state index contributed by atoms with van der Waals surface area (Å²) in [5, 5.41) is 2.60. The van der Waals surface area contributed by atoms with Crippen molar-refractivity contribution in [1.82, 2.24) is 4.72 Å². The van der Waals surface area contributed by atoms with Crippen molar-refractivity contribution in [2.45, 2.75) is 24.9 Å². The smallest absolute Gasteiger partial charge is 0.241 e. The van der Waals surface area contributed by atoms with Gasteiger partial charge in [0.15, 0.2) is 0 Å². The molecule has 0 fully saturated rings. The van der Waals surface area contributed by atoms with Gasteiger partial charge < -0.3 is 15.0 Å². The van der Waals surface area contributed by atoms with Crippen LogP contribution in [0, 0.1) is 0 Å². The molecule has 8 heteroatoms. The van der Waals surface area contributed by atoms with E-state index in [2.05, 4.69) is 24.1 Å². The van der Waals surface area contributed by atoms with E-state index < -0.39 is 10.0 Å². The van der Waals surface area contributed by atoms with Crippen molar-refractivity contribution in [3.63, 3.8) is 0 Å². The van der Waals surface area contributed by atoms with Crippen LogP contribution in [0.3, 0.4) is 0 Å². The topological polar surface area (TPSA) is 88.9 Å². The zero-order valence-corrected chi connectivity index (χ0v) is 16.8. The van der Waals surface area contributed by atoms with Crippen LogP contribution < -0.4 is 19.7 Å². The Morgan fingerprint density at radius 1 is 1.07 bits per heavy atom. The maximum absolute atomic E-state index is 12.6. The third-order valence-electron chi connectivity index (χ3n) is 3.84. The van der Waals surface area contributed by atoms with Gasteiger partial charge in [-0.15, -0.1) is 0 Å². The molecule has 0 aliphatic rings. The first-order chi connectivity index (χ1) is 12.7. The lowest BCUT2D eigenvalue weighted by atomic mass is 10.1. The average Bonchev–Trinajstić information content (AvgIpc) is 2.60. The largest absolute Gasteiger partial charge is 0.495 e. The molecule has 2 aromatic carbocycles. The molecule has 0 heterocycles.